The molecule has 0 aliphatic heterocycles. The van der Waals surface area contributed by atoms with Crippen molar-refractivity contribution in [3.8, 4) is 0 Å². The van der Waals surface area contributed by atoms with Crippen molar-refractivity contribution in [1.82, 2.24) is 20.1 Å². The van der Waals surface area contributed by atoms with E-state index in [0.29, 0.717) is 11.2 Å². The van der Waals surface area contributed by atoms with Crippen LogP contribution in [0, 0.1) is 0 Å². The topological polar surface area (TPSA) is 62.7 Å². The molecule has 2 aromatic rings. The highest BCUT2D eigenvalue weighted by atomic mass is 32.2. The number of H-pyrrole nitrogens is 1. The maximum atomic E-state index is 11.3. The number of hydrogen-bond donors (Lipinski definition) is 2. The Kier molecular flexibility index (Phi) is 4.44. The molecule has 0 atom stereocenters. The molecular formula is C13H18N4OS. The van der Waals surface area contributed by atoms with Gasteiger partial charge in [0.05, 0.1) is 0 Å². The fourth-order valence-corrected chi connectivity index (χ4v) is 2.32. The largest absolute Gasteiger partial charge is 0.343 e. The smallest absolute Gasteiger partial charge is 0.310 e. The normalized spacial score (nSPS) is 11.2. The molecular weight excluding hydrogens is 260 g/mol. The third-order valence-electron chi connectivity index (χ3n) is 2.69. The van der Waals surface area contributed by atoms with Gasteiger partial charge in [-0.1, -0.05) is 26.0 Å². The van der Waals surface area contributed by atoms with Gasteiger partial charge in [-0.05, 0) is 29.5 Å². The molecule has 0 radical (unpaired) electrons. The van der Waals surface area contributed by atoms with Crippen molar-refractivity contribution in [2.24, 2.45) is 7.05 Å². The third-order valence-corrected chi connectivity index (χ3v) is 3.74. The molecule has 0 aliphatic carbocycles. The summed E-state index contributed by atoms with van der Waals surface area (Å²) in [6, 6.07) is 8.74. The van der Waals surface area contributed by atoms with E-state index in [9.17, 15) is 4.79 Å². The number of hydrogen-bond acceptors (Lipinski definition) is 4. The number of aromatic nitrogens is 3. The van der Waals surface area contributed by atoms with Gasteiger partial charge < -0.3 is 5.32 Å². The van der Waals surface area contributed by atoms with Crippen molar-refractivity contribution in [3.05, 3.63) is 40.3 Å². The first-order valence-corrected chi connectivity index (χ1v) is 6.99. The van der Waals surface area contributed by atoms with Crippen LogP contribution in [0.4, 0.5) is 0 Å². The van der Waals surface area contributed by atoms with Crippen LogP contribution in [0.15, 0.2) is 39.1 Å². The molecule has 6 heteroatoms. The molecule has 2 N–H and O–H groups in total. The summed E-state index contributed by atoms with van der Waals surface area (Å²) >= 11 is 1.47. The van der Waals surface area contributed by atoms with Gasteiger partial charge in [-0.3, -0.25) is 4.57 Å². The van der Waals surface area contributed by atoms with Crippen LogP contribution in [-0.4, -0.2) is 20.8 Å². The van der Waals surface area contributed by atoms with Gasteiger partial charge >= 0.3 is 5.69 Å². The Hall–Kier alpha value is -1.53. The molecule has 19 heavy (non-hydrogen) atoms. The lowest BCUT2D eigenvalue weighted by Crippen LogP contribution is -2.21. The third kappa shape index (κ3) is 3.71. The van der Waals surface area contributed by atoms with Crippen LogP contribution in [0.3, 0.4) is 0 Å². The minimum absolute atomic E-state index is 0.194. The van der Waals surface area contributed by atoms with E-state index in [1.165, 1.54) is 21.9 Å². The standard InChI is InChI=1S/C13H18N4OS/c1-9(2)14-8-10-4-6-11(7-5-10)19-13-16-15-12(18)17(13)3/h4-7,9,14H,8H2,1-3H3,(H,15,18). The van der Waals surface area contributed by atoms with Crippen LogP contribution in [-0.2, 0) is 13.6 Å². The van der Waals surface area contributed by atoms with Gasteiger partial charge in [0.15, 0.2) is 5.16 Å². The van der Waals surface area contributed by atoms with Crippen LogP contribution in [0.5, 0.6) is 0 Å². The van der Waals surface area contributed by atoms with E-state index in [0.717, 1.165) is 11.4 Å². The Morgan fingerprint density at radius 2 is 2.05 bits per heavy atom. The minimum atomic E-state index is -0.194. The molecule has 1 aromatic carbocycles. The highest BCUT2D eigenvalue weighted by molar-refractivity contribution is 7.99. The van der Waals surface area contributed by atoms with E-state index in [2.05, 4.69) is 41.5 Å². The Balaban J connectivity index is 2.02. The zero-order valence-corrected chi connectivity index (χ0v) is 12.1. The Morgan fingerprint density at radius 3 is 2.58 bits per heavy atom. The van der Waals surface area contributed by atoms with Gasteiger partial charge in [0.1, 0.15) is 0 Å². The van der Waals surface area contributed by atoms with Gasteiger partial charge in [0.25, 0.3) is 0 Å². The second-order valence-corrected chi connectivity index (χ2v) is 5.69. The lowest BCUT2D eigenvalue weighted by molar-refractivity contribution is 0.588. The number of nitrogens with zero attached hydrogens (tertiary/aromatic N) is 2. The number of rotatable bonds is 5. The lowest BCUT2D eigenvalue weighted by atomic mass is 10.2. The van der Waals surface area contributed by atoms with E-state index < -0.39 is 0 Å². The first kappa shape index (κ1) is 13.9. The maximum Gasteiger partial charge on any atom is 0.343 e. The van der Waals surface area contributed by atoms with Crippen molar-refractivity contribution >= 4 is 11.8 Å². The molecule has 102 valence electrons. The quantitative estimate of drug-likeness (QED) is 0.875. The van der Waals surface area contributed by atoms with Gasteiger partial charge in [-0.25, -0.2) is 9.89 Å². The number of aromatic amines is 1. The SMILES string of the molecule is CC(C)NCc1ccc(Sc2n[nH]c(=O)n2C)cc1. The first-order chi connectivity index (χ1) is 9.06. The van der Waals surface area contributed by atoms with E-state index in [1.807, 2.05) is 12.1 Å². The molecule has 0 spiro atoms. The molecule has 0 saturated heterocycles. The summed E-state index contributed by atoms with van der Waals surface area (Å²) in [6.07, 6.45) is 0. The van der Waals surface area contributed by atoms with E-state index >= 15 is 0 Å². The maximum absolute atomic E-state index is 11.3. The van der Waals surface area contributed by atoms with Gasteiger partial charge in [-0.2, -0.15) is 0 Å². The molecule has 0 bridgehead atoms. The summed E-state index contributed by atoms with van der Waals surface area (Å²) < 4.78 is 1.50. The van der Waals surface area contributed by atoms with E-state index in [-0.39, 0.29) is 5.69 Å². The lowest BCUT2D eigenvalue weighted by Gasteiger charge is -2.08. The van der Waals surface area contributed by atoms with Crippen molar-refractivity contribution in [1.29, 1.82) is 0 Å². The van der Waals surface area contributed by atoms with Crippen LogP contribution >= 0.6 is 11.8 Å². The summed E-state index contributed by atoms with van der Waals surface area (Å²) in [5.74, 6) is 0. The highest BCUT2D eigenvalue weighted by Gasteiger charge is 2.06. The summed E-state index contributed by atoms with van der Waals surface area (Å²) in [4.78, 5) is 12.3. The fourth-order valence-electron chi connectivity index (χ4n) is 1.53. The van der Waals surface area contributed by atoms with Gasteiger partial charge in [0, 0.05) is 24.5 Å². The van der Waals surface area contributed by atoms with Crippen LogP contribution in [0.1, 0.15) is 19.4 Å². The molecule has 0 saturated carbocycles. The van der Waals surface area contributed by atoms with Crippen LogP contribution in [0.2, 0.25) is 0 Å². The van der Waals surface area contributed by atoms with Crippen molar-refractivity contribution < 1.29 is 0 Å². The predicted molar refractivity (Wildman–Crippen MR) is 76.4 cm³/mol. The van der Waals surface area contributed by atoms with Crippen molar-refractivity contribution in [2.45, 2.75) is 36.5 Å². The highest BCUT2D eigenvalue weighted by Crippen LogP contribution is 2.24. The molecule has 0 aliphatic rings. The fraction of sp³-hybridized carbons (Fsp3) is 0.385. The predicted octanol–water partition coefficient (Wildman–Crippen LogP) is 1.76. The van der Waals surface area contributed by atoms with Crippen LogP contribution in [0.25, 0.3) is 0 Å². The van der Waals surface area contributed by atoms with E-state index in [1.54, 1.807) is 7.05 Å². The van der Waals surface area contributed by atoms with E-state index in [4.69, 9.17) is 0 Å². The second kappa shape index (κ2) is 6.08. The Labute approximate surface area is 116 Å². The Morgan fingerprint density at radius 1 is 1.37 bits per heavy atom. The molecule has 1 heterocycles. The van der Waals surface area contributed by atoms with Crippen molar-refractivity contribution in [3.63, 3.8) is 0 Å². The van der Waals surface area contributed by atoms with Gasteiger partial charge in [0.2, 0.25) is 0 Å². The Bertz CT molecular complexity index is 585. The average molecular weight is 278 g/mol. The minimum Gasteiger partial charge on any atom is -0.310 e. The number of nitrogens with one attached hydrogen (secondary N) is 2. The zero-order valence-electron chi connectivity index (χ0n) is 11.3. The molecule has 1 aromatic heterocycles. The summed E-state index contributed by atoms with van der Waals surface area (Å²) in [7, 11) is 1.70. The van der Waals surface area contributed by atoms with Gasteiger partial charge in [-0.15, -0.1) is 5.10 Å². The first-order valence-electron chi connectivity index (χ1n) is 6.18. The molecule has 2 rings (SSSR count). The monoisotopic (exact) mass is 278 g/mol. The summed E-state index contributed by atoms with van der Waals surface area (Å²) in [5, 5.41) is 10.4. The average Bonchev–Trinajstić information content (AvgIpc) is 2.70. The molecule has 0 unspecified atom stereocenters. The summed E-state index contributed by atoms with van der Waals surface area (Å²) in [6.45, 7) is 5.12. The van der Waals surface area contributed by atoms with Crippen molar-refractivity contribution in [2.75, 3.05) is 0 Å². The van der Waals surface area contributed by atoms with Crippen LogP contribution < -0.4 is 11.0 Å². The zero-order chi connectivity index (χ0) is 13.8. The second-order valence-electron chi connectivity index (χ2n) is 4.65. The molecule has 0 amide bonds. The number of benzene rings is 1. The summed E-state index contributed by atoms with van der Waals surface area (Å²) in [5.41, 5.74) is 1.05. The molecule has 0 fully saturated rings. The molecule has 5 nitrogen and oxygen atoms in total.